The molecule has 126 valence electrons. The predicted octanol–water partition coefficient (Wildman–Crippen LogP) is 1.68. The molecule has 2 aliphatic heterocycles. The molecule has 24 heavy (non-hydrogen) atoms. The van der Waals surface area contributed by atoms with Crippen LogP contribution in [0.1, 0.15) is 32.3 Å². The number of fused-ring (bicyclic) bond motifs is 1. The van der Waals surface area contributed by atoms with E-state index in [0.29, 0.717) is 0 Å². The quantitative estimate of drug-likeness (QED) is 0.859. The lowest BCUT2D eigenvalue weighted by molar-refractivity contribution is -0.134. The van der Waals surface area contributed by atoms with E-state index in [2.05, 4.69) is 5.32 Å². The van der Waals surface area contributed by atoms with E-state index in [1.54, 1.807) is 11.8 Å². The first-order valence-electron chi connectivity index (χ1n) is 8.46. The third-order valence-corrected chi connectivity index (χ3v) is 5.46. The van der Waals surface area contributed by atoms with Crippen LogP contribution in [0.4, 0.5) is 10.5 Å². The topological polar surface area (TPSA) is 69.7 Å². The molecule has 0 bridgehead atoms. The van der Waals surface area contributed by atoms with Gasteiger partial charge in [-0.1, -0.05) is 18.2 Å². The average molecular weight is 327 g/mol. The molecule has 4 amide bonds. The monoisotopic (exact) mass is 327 g/mol. The van der Waals surface area contributed by atoms with E-state index in [0.717, 1.165) is 35.4 Å². The third kappa shape index (κ3) is 2.12. The maximum atomic E-state index is 12.8. The molecule has 0 radical (unpaired) electrons. The fourth-order valence-corrected chi connectivity index (χ4v) is 3.95. The van der Waals surface area contributed by atoms with Gasteiger partial charge in [0.15, 0.2) is 0 Å². The van der Waals surface area contributed by atoms with Crippen LogP contribution in [0.3, 0.4) is 0 Å². The number of rotatable bonds is 3. The average Bonchev–Trinajstić information content (AvgIpc) is 3.30. The van der Waals surface area contributed by atoms with Gasteiger partial charge in [-0.3, -0.25) is 14.5 Å². The highest BCUT2D eigenvalue weighted by atomic mass is 16.2. The van der Waals surface area contributed by atoms with Gasteiger partial charge in [0.25, 0.3) is 5.91 Å². The summed E-state index contributed by atoms with van der Waals surface area (Å²) in [4.78, 5) is 40.5. The molecule has 2 unspecified atom stereocenters. The molecule has 2 heterocycles. The Morgan fingerprint density at radius 1 is 1.29 bits per heavy atom. The van der Waals surface area contributed by atoms with Crippen molar-refractivity contribution in [3.63, 3.8) is 0 Å². The standard InChI is InChI=1S/C18H21N3O3/c1-11-9-12-5-3-4-6-14(12)21(11)15(22)10-20-16(23)18(2,13-7-8-13)19-17(20)24/h3-6,11,13H,7-10H2,1-2H3,(H,19,24). The second-order valence-electron chi connectivity index (χ2n) is 7.24. The van der Waals surface area contributed by atoms with E-state index >= 15 is 0 Å². The molecule has 1 saturated carbocycles. The predicted molar refractivity (Wildman–Crippen MR) is 88.5 cm³/mol. The van der Waals surface area contributed by atoms with Gasteiger partial charge in [-0.15, -0.1) is 0 Å². The van der Waals surface area contributed by atoms with Crippen molar-refractivity contribution in [3.8, 4) is 0 Å². The summed E-state index contributed by atoms with van der Waals surface area (Å²) >= 11 is 0. The van der Waals surface area contributed by atoms with Gasteiger partial charge in [0.2, 0.25) is 5.91 Å². The number of carbonyl (C=O) groups is 3. The summed E-state index contributed by atoms with van der Waals surface area (Å²) in [5.74, 6) is -0.292. The highest BCUT2D eigenvalue weighted by Gasteiger charge is 2.56. The molecule has 1 N–H and O–H groups in total. The third-order valence-electron chi connectivity index (χ3n) is 5.46. The van der Waals surface area contributed by atoms with Crippen LogP contribution < -0.4 is 10.2 Å². The second kappa shape index (κ2) is 5.06. The molecule has 6 heteroatoms. The van der Waals surface area contributed by atoms with E-state index in [-0.39, 0.29) is 30.3 Å². The first-order chi connectivity index (χ1) is 11.4. The highest BCUT2D eigenvalue weighted by Crippen LogP contribution is 2.42. The van der Waals surface area contributed by atoms with Gasteiger partial charge >= 0.3 is 6.03 Å². The molecule has 0 spiro atoms. The van der Waals surface area contributed by atoms with Gasteiger partial charge in [0.05, 0.1) is 0 Å². The van der Waals surface area contributed by atoms with Crippen molar-refractivity contribution in [1.82, 2.24) is 10.2 Å². The summed E-state index contributed by atoms with van der Waals surface area (Å²) in [7, 11) is 0. The van der Waals surface area contributed by atoms with E-state index in [4.69, 9.17) is 0 Å². The van der Waals surface area contributed by atoms with Crippen molar-refractivity contribution in [2.45, 2.75) is 44.7 Å². The zero-order chi connectivity index (χ0) is 17.1. The minimum absolute atomic E-state index is 0.0329. The van der Waals surface area contributed by atoms with Crippen molar-refractivity contribution in [3.05, 3.63) is 29.8 Å². The smallest absolute Gasteiger partial charge is 0.323 e. The first kappa shape index (κ1) is 15.2. The Balaban J connectivity index is 1.54. The highest BCUT2D eigenvalue weighted by molar-refractivity contribution is 6.11. The van der Waals surface area contributed by atoms with Gasteiger partial charge in [-0.25, -0.2) is 4.79 Å². The molecule has 4 rings (SSSR count). The van der Waals surface area contributed by atoms with E-state index < -0.39 is 11.6 Å². The van der Waals surface area contributed by atoms with Crippen molar-refractivity contribution in [2.24, 2.45) is 5.92 Å². The summed E-state index contributed by atoms with van der Waals surface area (Å²) in [5, 5.41) is 2.79. The molecular formula is C18H21N3O3. The van der Waals surface area contributed by atoms with Crippen LogP contribution in [0.15, 0.2) is 24.3 Å². The second-order valence-corrected chi connectivity index (χ2v) is 7.24. The lowest BCUT2D eigenvalue weighted by Gasteiger charge is -2.25. The van der Waals surface area contributed by atoms with Crippen molar-refractivity contribution < 1.29 is 14.4 Å². The zero-order valence-corrected chi connectivity index (χ0v) is 13.9. The molecule has 1 aromatic carbocycles. The van der Waals surface area contributed by atoms with Crippen LogP contribution in [-0.4, -0.2) is 40.9 Å². The minimum atomic E-state index is -0.841. The number of benzene rings is 1. The normalized spacial score (nSPS) is 29.0. The lowest BCUT2D eigenvalue weighted by atomic mass is 9.96. The number of imide groups is 1. The number of carbonyl (C=O) groups excluding carboxylic acids is 3. The summed E-state index contributed by atoms with van der Waals surface area (Å²) in [6.07, 6.45) is 2.68. The molecule has 2 fully saturated rings. The fraction of sp³-hybridized carbons (Fsp3) is 0.500. The maximum absolute atomic E-state index is 12.8. The van der Waals surface area contributed by atoms with Crippen LogP contribution in [0.2, 0.25) is 0 Å². The Morgan fingerprint density at radius 2 is 2.00 bits per heavy atom. The van der Waals surface area contributed by atoms with Crippen LogP contribution in [0.5, 0.6) is 0 Å². The van der Waals surface area contributed by atoms with E-state index in [9.17, 15) is 14.4 Å². The largest absolute Gasteiger partial charge is 0.325 e. The number of hydrogen-bond donors (Lipinski definition) is 1. The fourth-order valence-electron chi connectivity index (χ4n) is 3.95. The van der Waals surface area contributed by atoms with Crippen LogP contribution in [0.25, 0.3) is 0 Å². The Morgan fingerprint density at radius 3 is 2.71 bits per heavy atom. The molecule has 2 atom stereocenters. The summed E-state index contributed by atoms with van der Waals surface area (Å²) in [6.45, 7) is 3.55. The number of urea groups is 1. The zero-order valence-electron chi connectivity index (χ0n) is 13.9. The van der Waals surface area contributed by atoms with Crippen molar-refractivity contribution in [1.29, 1.82) is 0 Å². The van der Waals surface area contributed by atoms with E-state index in [1.807, 2.05) is 31.2 Å². The Hall–Kier alpha value is -2.37. The van der Waals surface area contributed by atoms with Gasteiger partial charge in [-0.2, -0.15) is 0 Å². The molecular weight excluding hydrogens is 306 g/mol. The number of para-hydroxylation sites is 1. The molecule has 3 aliphatic rings. The Bertz CT molecular complexity index is 743. The van der Waals surface area contributed by atoms with Crippen LogP contribution >= 0.6 is 0 Å². The summed E-state index contributed by atoms with van der Waals surface area (Å²) < 4.78 is 0. The molecule has 1 aliphatic carbocycles. The minimum Gasteiger partial charge on any atom is -0.323 e. The first-order valence-corrected chi connectivity index (χ1v) is 8.46. The number of amides is 4. The maximum Gasteiger partial charge on any atom is 0.325 e. The molecule has 6 nitrogen and oxygen atoms in total. The van der Waals surface area contributed by atoms with Gasteiger partial charge in [-0.05, 0) is 50.7 Å². The molecule has 1 saturated heterocycles. The Labute approximate surface area is 140 Å². The number of hydrogen-bond acceptors (Lipinski definition) is 3. The molecule has 1 aromatic rings. The Kier molecular flexibility index (Phi) is 3.20. The van der Waals surface area contributed by atoms with Crippen LogP contribution in [0, 0.1) is 5.92 Å². The number of anilines is 1. The van der Waals surface area contributed by atoms with Crippen LogP contribution in [-0.2, 0) is 16.0 Å². The summed E-state index contributed by atoms with van der Waals surface area (Å²) in [5.41, 5.74) is 1.16. The number of nitrogens with one attached hydrogen (secondary N) is 1. The van der Waals surface area contributed by atoms with Gasteiger partial charge in [0, 0.05) is 11.7 Å². The lowest BCUT2D eigenvalue weighted by Crippen LogP contribution is -2.48. The number of nitrogens with zero attached hydrogens (tertiary/aromatic N) is 2. The summed E-state index contributed by atoms with van der Waals surface area (Å²) in [6, 6.07) is 7.36. The van der Waals surface area contributed by atoms with Gasteiger partial charge in [0.1, 0.15) is 12.1 Å². The van der Waals surface area contributed by atoms with E-state index in [1.165, 1.54) is 0 Å². The molecule has 0 aromatic heterocycles. The van der Waals surface area contributed by atoms with Crippen molar-refractivity contribution >= 4 is 23.5 Å². The SMILES string of the molecule is CC1Cc2ccccc2N1C(=O)CN1C(=O)NC(C)(C2CC2)C1=O. The van der Waals surface area contributed by atoms with Gasteiger partial charge < -0.3 is 10.2 Å². The van der Waals surface area contributed by atoms with Crippen molar-refractivity contribution in [2.75, 3.05) is 11.4 Å².